The molecule has 0 aliphatic rings. The van der Waals surface area contributed by atoms with Gasteiger partial charge < -0.3 is 4.57 Å². The molecule has 3 rings (SSSR count). The zero-order valence-corrected chi connectivity index (χ0v) is 8.05. The number of fused-ring (bicyclic) bond motifs is 1. The van der Waals surface area contributed by atoms with E-state index < -0.39 is 0 Å². The Labute approximate surface area is 85.0 Å². The predicted octanol–water partition coefficient (Wildman–Crippen LogP) is 0.753. The third kappa shape index (κ3) is 1.18. The summed E-state index contributed by atoms with van der Waals surface area (Å²) in [5.41, 5.74) is 2.48. The van der Waals surface area contributed by atoms with Crippen LogP contribution >= 0.6 is 0 Å². The third-order valence-corrected chi connectivity index (χ3v) is 2.24. The highest BCUT2D eigenvalue weighted by atomic mass is 15.1. The fourth-order valence-electron chi connectivity index (χ4n) is 1.43. The highest BCUT2D eigenvalue weighted by Crippen LogP contribution is 2.15. The molecule has 0 aromatic carbocycles. The van der Waals surface area contributed by atoms with Gasteiger partial charge in [0.15, 0.2) is 11.5 Å². The molecular formula is C9H8N6. The fraction of sp³-hybridized carbons (Fsp3) is 0.111. The van der Waals surface area contributed by atoms with Gasteiger partial charge in [-0.25, -0.2) is 15.0 Å². The maximum absolute atomic E-state index is 4.34. The number of hydrogen-bond acceptors (Lipinski definition) is 4. The smallest absolute Gasteiger partial charge is 0.181 e. The lowest BCUT2D eigenvalue weighted by atomic mass is 10.3. The topological polar surface area (TPSA) is 72.3 Å². The number of aromatic nitrogens is 6. The second kappa shape index (κ2) is 2.88. The number of nitrogens with zero attached hydrogens (tertiary/aromatic N) is 5. The molecule has 1 N–H and O–H groups in total. The first kappa shape index (κ1) is 8.10. The van der Waals surface area contributed by atoms with Gasteiger partial charge in [-0.05, 0) is 0 Å². The summed E-state index contributed by atoms with van der Waals surface area (Å²) >= 11 is 0. The summed E-state index contributed by atoms with van der Waals surface area (Å²) in [6, 6.07) is 0. The first-order chi connectivity index (χ1) is 7.34. The SMILES string of the molecule is Cn1cnc2nc(-c3cn[nH]c3)ncc21. The summed E-state index contributed by atoms with van der Waals surface area (Å²) in [7, 11) is 1.91. The molecule has 0 aliphatic carbocycles. The molecule has 3 heterocycles. The van der Waals surface area contributed by atoms with Crippen molar-refractivity contribution in [1.29, 1.82) is 0 Å². The molecule has 0 bridgehead atoms. The highest BCUT2D eigenvalue weighted by molar-refractivity contribution is 5.72. The van der Waals surface area contributed by atoms with Crippen molar-refractivity contribution in [2.75, 3.05) is 0 Å². The molecule has 0 amide bonds. The molecule has 3 aromatic rings. The zero-order valence-electron chi connectivity index (χ0n) is 8.05. The van der Waals surface area contributed by atoms with Crippen molar-refractivity contribution in [3.63, 3.8) is 0 Å². The van der Waals surface area contributed by atoms with Crippen LogP contribution in [0.2, 0.25) is 0 Å². The molecule has 0 spiro atoms. The molecule has 0 saturated heterocycles. The van der Waals surface area contributed by atoms with Gasteiger partial charge in [-0.3, -0.25) is 5.10 Å². The van der Waals surface area contributed by atoms with E-state index in [4.69, 9.17) is 0 Å². The minimum atomic E-state index is 0.634. The van der Waals surface area contributed by atoms with Gasteiger partial charge >= 0.3 is 0 Å². The van der Waals surface area contributed by atoms with Crippen LogP contribution in [0.25, 0.3) is 22.6 Å². The lowest BCUT2D eigenvalue weighted by molar-refractivity contribution is 0.944. The van der Waals surface area contributed by atoms with Crippen LogP contribution < -0.4 is 0 Å². The van der Waals surface area contributed by atoms with Crippen molar-refractivity contribution in [3.05, 3.63) is 24.9 Å². The lowest BCUT2D eigenvalue weighted by Crippen LogP contribution is -1.90. The Morgan fingerprint density at radius 1 is 1.27 bits per heavy atom. The fourth-order valence-corrected chi connectivity index (χ4v) is 1.43. The molecule has 15 heavy (non-hydrogen) atoms. The summed E-state index contributed by atoms with van der Waals surface area (Å²) in [5.74, 6) is 0.634. The number of hydrogen-bond donors (Lipinski definition) is 1. The Morgan fingerprint density at radius 2 is 2.20 bits per heavy atom. The average molecular weight is 200 g/mol. The zero-order chi connectivity index (χ0) is 10.3. The van der Waals surface area contributed by atoms with Crippen molar-refractivity contribution < 1.29 is 0 Å². The lowest BCUT2D eigenvalue weighted by Gasteiger charge is -1.95. The van der Waals surface area contributed by atoms with Crippen LogP contribution in [0.15, 0.2) is 24.9 Å². The molecule has 0 saturated carbocycles. The standard InChI is InChI=1S/C9H8N6/c1-15-5-11-9-7(15)4-10-8(14-9)6-2-12-13-3-6/h2-5H,1H3,(H,12,13). The number of rotatable bonds is 1. The van der Waals surface area contributed by atoms with Crippen molar-refractivity contribution >= 4 is 11.2 Å². The summed E-state index contributed by atoms with van der Waals surface area (Å²) in [4.78, 5) is 12.8. The monoisotopic (exact) mass is 200 g/mol. The normalized spacial score (nSPS) is 11.0. The van der Waals surface area contributed by atoms with Gasteiger partial charge in [0.1, 0.15) is 5.52 Å². The van der Waals surface area contributed by atoms with Gasteiger partial charge in [0.25, 0.3) is 0 Å². The molecule has 0 fully saturated rings. The average Bonchev–Trinajstić information content (AvgIpc) is 2.88. The van der Waals surface area contributed by atoms with Crippen molar-refractivity contribution in [2.45, 2.75) is 0 Å². The molecule has 6 nitrogen and oxygen atoms in total. The molecule has 74 valence electrons. The minimum Gasteiger partial charge on any atom is -0.331 e. The molecule has 6 heteroatoms. The van der Waals surface area contributed by atoms with Gasteiger partial charge in [-0.1, -0.05) is 0 Å². The number of aryl methyl sites for hydroxylation is 1. The highest BCUT2D eigenvalue weighted by Gasteiger charge is 2.06. The van der Waals surface area contributed by atoms with Crippen molar-refractivity contribution in [3.8, 4) is 11.4 Å². The van der Waals surface area contributed by atoms with Gasteiger partial charge in [-0.2, -0.15) is 5.10 Å². The van der Waals surface area contributed by atoms with Crippen LogP contribution in [0, 0.1) is 0 Å². The summed E-state index contributed by atoms with van der Waals surface area (Å²) < 4.78 is 1.88. The van der Waals surface area contributed by atoms with E-state index in [0.717, 1.165) is 11.1 Å². The molecule has 0 radical (unpaired) electrons. The van der Waals surface area contributed by atoms with Crippen molar-refractivity contribution in [2.24, 2.45) is 7.05 Å². The first-order valence-corrected chi connectivity index (χ1v) is 4.48. The van der Waals surface area contributed by atoms with E-state index in [2.05, 4.69) is 25.1 Å². The van der Waals surface area contributed by atoms with Crippen LogP contribution in [0.5, 0.6) is 0 Å². The van der Waals surface area contributed by atoms with Gasteiger partial charge in [0.05, 0.1) is 24.3 Å². The number of nitrogens with one attached hydrogen (secondary N) is 1. The Kier molecular flexibility index (Phi) is 1.55. The molecular weight excluding hydrogens is 192 g/mol. The first-order valence-electron chi connectivity index (χ1n) is 4.48. The van der Waals surface area contributed by atoms with E-state index in [1.165, 1.54) is 0 Å². The second-order valence-electron chi connectivity index (χ2n) is 3.24. The van der Waals surface area contributed by atoms with E-state index >= 15 is 0 Å². The quantitative estimate of drug-likeness (QED) is 0.629. The van der Waals surface area contributed by atoms with Crippen LogP contribution in [-0.2, 0) is 7.05 Å². The molecule has 0 atom stereocenters. The van der Waals surface area contributed by atoms with Crippen LogP contribution in [0.4, 0.5) is 0 Å². The van der Waals surface area contributed by atoms with E-state index in [1.807, 2.05) is 11.6 Å². The van der Waals surface area contributed by atoms with E-state index in [-0.39, 0.29) is 0 Å². The van der Waals surface area contributed by atoms with Gasteiger partial charge in [-0.15, -0.1) is 0 Å². The Bertz CT molecular complexity index is 594. The Hall–Kier alpha value is -2.24. The molecule has 0 unspecified atom stereocenters. The largest absolute Gasteiger partial charge is 0.331 e. The van der Waals surface area contributed by atoms with Crippen LogP contribution in [0.3, 0.4) is 0 Å². The predicted molar refractivity (Wildman–Crippen MR) is 53.9 cm³/mol. The van der Waals surface area contributed by atoms with Crippen LogP contribution in [0.1, 0.15) is 0 Å². The number of H-pyrrole nitrogens is 1. The maximum Gasteiger partial charge on any atom is 0.181 e. The molecule has 0 aliphatic heterocycles. The van der Waals surface area contributed by atoms with Gasteiger partial charge in [0.2, 0.25) is 0 Å². The van der Waals surface area contributed by atoms with Crippen LogP contribution in [-0.4, -0.2) is 29.7 Å². The van der Waals surface area contributed by atoms with E-state index in [1.54, 1.807) is 24.9 Å². The minimum absolute atomic E-state index is 0.634. The molecule has 3 aromatic heterocycles. The summed E-state index contributed by atoms with van der Waals surface area (Å²) in [5, 5.41) is 6.58. The Balaban J connectivity index is 2.23. The summed E-state index contributed by atoms with van der Waals surface area (Å²) in [6.07, 6.45) is 6.92. The van der Waals surface area contributed by atoms with E-state index in [9.17, 15) is 0 Å². The Morgan fingerprint density at radius 3 is 3.00 bits per heavy atom. The second-order valence-corrected chi connectivity index (χ2v) is 3.24. The van der Waals surface area contributed by atoms with E-state index in [0.29, 0.717) is 11.5 Å². The maximum atomic E-state index is 4.34. The number of aromatic amines is 1. The van der Waals surface area contributed by atoms with Gasteiger partial charge in [0, 0.05) is 13.2 Å². The van der Waals surface area contributed by atoms with Crippen molar-refractivity contribution in [1.82, 2.24) is 29.7 Å². The number of imidazole rings is 1. The third-order valence-electron chi connectivity index (χ3n) is 2.24. The summed E-state index contributed by atoms with van der Waals surface area (Å²) in [6.45, 7) is 0.